The SMILES string of the molecule is COc1ccc(C)cc1S(=O)(=O)/N=C/N(C)C. The maximum atomic E-state index is 12.0. The summed E-state index contributed by atoms with van der Waals surface area (Å²) < 4.78 is 32.5. The molecule has 0 aliphatic carbocycles. The molecule has 0 amide bonds. The van der Waals surface area contributed by atoms with Crippen LogP contribution in [0.1, 0.15) is 5.56 Å². The Morgan fingerprint density at radius 3 is 2.53 bits per heavy atom. The Balaban J connectivity index is 3.27. The van der Waals surface area contributed by atoms with Crippen molar-refractivity contribution in [1.82, 2.24) is 4.90 Å². The zero-order valence-corrected chi connectivity index (χ0v) is 11.2. The summed E-state index contributed by atoms with van der Waals surface area (Å²) in [4.78, 5) is 1.64. The van der Waals surface area contributed by atoms with Gasteiger partial charge < -0.3 is 9.64 Å². The number of hydrogen-bond donors (Lipinski definition) is 0. The lowest BCUT2D eigenvalue weighted by Gasteiger charge is -2.08. The molecule has 0 aliphatic rings. The lowest BCUT2D eigenvalue weighted by molar-refractivity contribution is 0.402. The molecule has 0 bridgehead atoms. The van der Waals surface area contributed by atoms with Crippen molar-refractivity contribution in [2.24, 2.45) is 4.40 Å². The van der Waals surface area contributed by atoms with Crippen LogP contribution in [0.15, 0.2) is 27.5 Å². The summed E-state index contributed by atoms with van der Waals surface area (Å²) in [7, 11) is 1.11. The van der Waals surface area contributed by atoms with Crippen LogP contribution in [0.2, 0.25) is 0 Å². The molecule has 0 aliphatic heterocycles. The number of ether oxygens (including phenoxy) is 1. The van der Waals surface area contributed by atoms with E-state index < -0.39 is 10.0 Å². The average molecular weight is 256 g/mol. The van der Waals surface area contributed by atoms with Gasteiger partial charge in [-0.05, 0) is 24.6 Å². The van der Waals surface area contributed by atoms with E-state index in [2.05, 4.69) is 4.40 Å². The molecule has 0 heterocycles. The van der Waals surface area contributed by atoms with E-state index in [1.807, 2.05) is 6.92 Å². The zero-order valence-electron chi connectivity index (χ0n) is 10.3. The van der Waals surface area contributed by atoms with Gasteiger partial charge in [-0.15, -0.1) is 4.40 Å². The molecule has 0 atom stereocenters. The molecule has 1 aromatic rings. The maximum absolute atomic E-state index is 12.0. The molecule has 0 fully saturated rings. The molecule has 0 radical (unpaired) electrons. The molecule has 94 valence electrons. The molecule has 0 saturated heterocycles. The first-order valence-electron chi connectivity index (χ1n) is 4.98. The van der Waals surface area contributed by atoms with Crippen LogP contribution in [0.3, 0.4) is 0 Å². The van der Waals surface area contributed by atoms with E-state index in [-0.39, 0.29) is 4.90 Å². The Morgan fingerprint density at radius 2 is 2.00 bits per heavy atom. The lowest BCUT2D eigenvalue weighted by Crippen LogP contribution is -2.10. The highest BCUT2D eigenvalue weighted by molar-refractivity contribution is 7.90. The van der Waals surface area contributed by atoms with Gasteiger partial charge in [0.1, 0.15) is 17.0 Å². The summed E-state index contributed by atoms with van der Waals surface area (Å²) in [5, 5.41) is 0. The van der Waals surface area contributed by atoms with Crippen LogP contribution in [0.5, 0.6) is 5.75 Å². The highest BCUT2D eigenvalue weighted by atomic mass is 32.2. The fourth-order valence-electron chi connectivity index (χ4n) is 1.20. The van der Waals surface area contributed by atoms with Gasteiger partial charge in [-0.1, -0.05) is 6.07 Å². The number of aryl methyl sites for hydroxylation is 1. The van der Waals surface area contributed by atoms with Crippen molar-refractivity contribution in [3.8, 4) is 5.75 Å². The zero-order chi connectivity index (χ0) is 13.1. The molecule has 0 N–H and O–H groups in total. The Hall–Kier alpha value is -1.56. The normalized spacial score (nSPS) is 11.8. The van der Waals surface area contributed by atoms with E-state index in [0.29, 0.717) is 5.75 Å². The molecular formula is C11H16N2O3S. The second kappa shape index (κ2) is 5.18. The van der Waals surface area contributed by atoms with Gasteiger partial charge in [0.2, 0.25) is 0 Å². The molecule has 1 rings (SSSR count). The molecule has 6 heteroatoms. The maximum Gasteiger partial charge on any atom is 0.287 e. The van der Waals surface area contributed by atoms with Gasteiger partial charge >= 0.3 is 0 Å². The molecule has 17 heavy (non-hydrogen) atoms. The quantitative estimate of drug-likeness (QED) is 0.601. The third kappa shape index (κ3) is 3.45. The third-order valence-corrected chi connectivity index (χ3v) is 3.26. The Labute approximate surface area is 102 Å². The highest BCUT2D eigenvalue weighted by Gasteiger charge is 2.18. The summed E-state index contributed by atoms with van der Waals surface area (Å²) in [5.74, 6) is 0.298. The fraction of sp³-hybridized carbons (Fsp3) is 0.364. The smallest absolute Gasteiger partial charge is 0.287 e. The lowest BCUT2D eigenvalue weighted by atomic mass is 10.2. The minimum absolute atomic E-state index is 0.0816. The Kier molecular flexibility index (Phi) is 4.11. The third-order valence-electron chi connectivity index (χ3n) is 2.01. The number of hydrogen-bond acceptors (Lipinski definition) is 3. The van der Waals surface area contributed by atoms with Gasteiger partial charge in [-0.25, -0.2) is 0 Å². The number of benzene rings is 1. The molecule has 0 spiro atoms. The summed E-state index contributed by atoms with van der Waals surface area (Å²) in [5.41, 5.74) is 0.837. The summed E-state index contributed by atoms with van der Waals surface area (Å²) >= 11 is 0. The summed E-state index contributed by atoms with van der Waals surface area (Å²) in [6.07, 6.45) is 1.25. The molecule has 1 aromatic carbocycles. The van der Waals surface area contributed by atoms with Crippen LogP contribution < -0.4 is 4.74 Å². The highest BCUT2D eigenvalue weighted by Crippen LogP contribution is 2.26. The van der Waals surface area contributed by atoms with Crippen molar-refractivity contribution >= 4 is 16.4 Å². The monoisotopic (exact) mass is 256 g/mol. The molecule has 0 saturated carbocycles. The van der Waals surface area contributed by atoms with Crippen LogP contribution in [-0.2, 0) is 10.0 Å². The van der Waals surface area contributed by atoms with Gasteiger partial charge in [0.05, 0.1) is 7.11 Å². The van der Waals surface area contributed by atoms with Gasteiger partial charge in [0, 0.05) is 14.1 Å². The number of rotatable bonds is 4. The van der Waals surface area contributed by atoms with Crippen molar-refractivity contribution < 1.29 is 13.2 Å². The minimum Gasteiger partial charge on any atom is -0.495 e. The topological polar surface area (TPSA) is 59.0 Å². The van der Waals surface area contributed by atoms with Gasteiger partial charge in [-0.3, -0.25) is 0 Å². The van der Waals surface area contributed by atoms with Crippen LogP contribution >= 0.6 is 0 Å². The largest absolute Gasteiger partial charge is 0.495 e. The van der Waals surface area contributed by atoms with E-state index >= 15 is 0 Å². The van der Waals surface area contributed by atoms with Crippen molar-refractivity contribution in [1.29, 1.82) is 0 Å². The van der Waals surface area contributed by atoms with E-state index in [0.717, 1.165) is 5.56 Å². The fourth-order valence-corrected chi connectivity index (χ4v) is 2.37. The number of nitrogens with zero attached hydrogens (tertiary/aromatic N) is 2. The molecule has 0 aromatic heterocycles. The van der Waals surface area contributed by atoms with Crippen LogP contribution in [0, 0.1) is 6.92 Å². The second-order valence-corrected chi connectivity index (χ2v) is 5.41. The van der Waals surface area contributed by atoms with Crippen molar-refractivity contribution in [2.45, 2.75) is 11.8 Å². The molecule has 0 unspecified atom stereocenters. The molecular weight excluding hydrogens is 240 g/mol. The predicted octanol–water partition coefficient (Wildman–Crippen LogP) is 1.28. The number of sulfonamides is 1. The Morgan fingerprint density at radius 1 is 1.35 bits per heavy atom. The van der Waals surface area contributed by atoms with Crippen molar-refractivity contribution in [3.63, 3.8) is 0 Å². The van der Waals surface area contributed by atoms with Gasteiger partial charge in [0.25, 0.3) is 10.0 Å². The van der Waals surface area contributed by atoms with E-state index in [9.17, 15) is 8.42 Å². The first-order valence-corrected chi connectivity index (χ1v) is 6.42. The van der Waals surface area contributed by atoms with Crippen molar-refractivity contribution in [3.05, 3.63) is 23.8 Å². The Bertz CT molecular complexity index is 522. The van der Waals surface area contributed by atoms with Crippen LogP contribution in [-0.4, -0.2) is 40.9 Å². The van der Waals surface area contributed by atoms with Crippen LogP contribution in [0.25, 0.3) is 0 Å². The van der Waals surface area contributed by atoms with E-state index in [1.54, 1.807) is 37.2 Å². The second-order valence-electron chi connectivity index (χ2n) is 3.81. The standard InChI is InChI=1S/C11H16N2O3S/c1-9-5-6-10(16-4)11(7-9)17(14,15)12-8-13(2)3/h5-8H,1-4H3/b12-8+. The van der Waals surface area contributed by atoms with Crippen molar-refractivity contribution in [2.75, 3.05) is 21.2 Å². The van der Waals surface area contributed by atoms with E-state index in [1.165, 1.54) is 13.4 Å². The summed E-state index contributed by atoms with van der Waals surface area (Å²) in [6.45, 7) is 1.81. The van der Waals surface area contributed by atoms with E-state index in [4.69, 9.17) is 4.74 Å². The van der Waals surface area contributed by atoms with Gasteiger partial charge in [0.15, 0.2) is 0 Å². The first-order chi connectivity index (χ1) is 7.86. The predicted molar refractivity (Wildman–Crippen MR) is 67.1 cm³/mol. The van der Waals surface area contributed by atoms with Crippen LogP contribution in [0.4, 0.5) is 0 Å². The minimum atomic E-state index is -3.72. The average Bonchev–Trinajstić information content (AvgIpc) is 2.26. The first kappa shape index (κ1) is 13.5. The summed E-state index contributed by atoms with van der Waals surface area (Å²) in [6, 6.07) is 4.95. The van der Waals surface area contributed by atoms with Gasteiger partial charge in [-0.2, -0.15) is 8.42 Å². The number of methoxy groups -OCH3 is 1. The molecule has 5 nitrogen and oxygen atoms in total.